The van der Waals surface area contributed by atoms with E-state index in [1.165, 1.54) is 16.6 Å². The van der Waals surface area contributed by atoms with Crippen molar-refractivity contribution in [3.05, 3.63) is 84.1 Å². The molecule has 6 rings (SSSR count). The van der Waals surface area contributed by atoms with Crippen LogP contribution in [0, 0.1) is 19.9 Å². The van der Waals surface area contributed by atoms with Gasteiger partial charge in [-0.1, -0.05) is 94.5 Å². The molecule has 0 atom stereocenters. The number of aromatic nitrogens is 1. The molecule has 0 saturated heterocycles. The standard InChI is InChI=1S/C33H35BNO3Si.Ir/c1-21-12-11-13-22(2)29(21)34-24-14-9-10-15-26(24)36-27-17-16-23(20-25(27)34)30-31-28(18-19-35-30)37-39(38-31,32(3,4)5)33(6,7)8;/h9-15,17-20H,1-8H3;/q-1;. The van der Waals surface area contributed by atoms with Crippen LogP contribution < -0.4 is 30.0 Å². The monoisotopic (exact) mass is 725 g/mol. The van der Waals surface area contributed by atoms with Gasteiger partial charge in [-0.3, -0.25) is 0 Å². The average Bonchev–Trinajstić information content (AvgIpc) is 3.30. The van der Waals surface area contributed by atoms with Crippen LogP contribution in [0.5, 0.6) is 23.0 Å². The van der Waals surface area contributed by atoms with E-state index < -0.39 is 8.56 Å². The minimum atomic E-state index is -2.74. The predicted octanol–water partition coefficient (Wildman–Crippen LogP) is 6.60. The van der Waals surface area contributed by atoms with Crippen LogP contribution in [0.2, 0.25) is 10.1 Å². The number of nitrogens with zero attached hydrogens (tertiary/aromatic N) is 1. The second-order valence-electron chi connectivity index (χ2n) is 12.9. The first-order valence-electron chi connectivity index (χ1n) is 13.7. The quantitative estimate of drug-likeness (QED) is 0.152. The SMILES string of the molecule is Cc1cccc(C)c1B1c2ccccc2Oc2c[c-]c(-c3nccc4c3O[Si](C(C)(C)C)(C(C)(C)C)O4)cc21.[Ir]. The second kappa shape index (κ2) is 9.90. The molecule has 1 aromatic heterocycles. The van der Waals surface area contributed by atoms with Crippen molar-refractivity contribution in [2.45, 2.75) is 65.5 Å². The van der Waals surface area contributed by atoms with Crippen molar-refractivity contribution in [1.82, 2.24) is 4.98 Å². The molecule has 0 fully saturated rings. The van der Waals surface area contributed by atoms with Crippen molar-refractivity contribution in [2.24, 2.45) is 0 Å². The summed E-state index contributed by atoms with van der Waals surface area (Å²) in [6, 6.07) is 24.4. The van der Waals surface area contributed by atoms with Crippen LogP contribution >= 0.6 is 0 Å². The summed E-state index contributed by atoms with van der Waals surface area (Å²) in [5, 5.41) is -0.293. The number of para-hydroxylation sites is 1. The largest absolute Gasteiger partial charge is 0.514 e. The Hall–Kier alpha value is -2.86. The normalized spacial score (nSPS) is 15.1. The third-order valence-corrected chi connectivity index (χ3v) is 13.1. The van der Waals surface area contributed by atoms with Crippen LogP contribution in [-0.2, 0) is 20.1 Å². The van der Waals surface area contributed by atoms with Crippen LogP contribution in [0.3, 0.4) is 0 Å². The molecule has 0 spiro atoms. The van der Waals surface area contributed by atoms with E-state index in [0.29, 0.717) is 0 Å². The fourth-order valence-corrected chi connectivity index (χ4v) is 11.0. The summed E-state index contributed by atoms with van der Waals surface area (Å²) in [6.07, 6.45) is 1.81. The third kappa shape index (κ3) is 4.34. The Morgan fingerprint density at radius 1 is 0.775 bits per heavy atom. The summed E-state index contributed by atoms with van der Waals surface area (Å²) in [7, 11) is -2.74. The van der Waals surface area contributed by atoms with Crippen molar-refractivity contribution in [2.75, 3.05) is 0 Å². The number of rotatable bonds is 2. The van der Waals surface area contributed by atoms with Crippen molar-refractivity contribution < 1.29 is 33.7 Å². The summed E-state index contributed by atoms with van der Waals surface area (Å²) < 4.78 is 20.2. The molecule has 0 N–H and O–H groups in total. The molecule has 0 aliphatic carbocycles. The summed E-state index contributed by atoms with van der Waals surface area (Å²) in [5.41, 5.74) is 7.74. The van der Waals surface area contributed by atoms with Gasteiger partial charge in [0.1, 0.15) is 17.2 Å². The topological polar surface area (TPSA) is 40.6 Å². The van der Waals surface area contributed by atoms with Crippen LogP contribution in [0.1, 0.15) is 52.7 Å². The number of ether oxygens (including phenoxy) is 1. The van der Waals surface area contributed by atoms with Gasteiger partial charge < -0.3 is 18.6 Å². The fourth-order valence-electron chi connectivity index (χ4n) is 6.50. The fraction of sp³-hybridized carbons (Fsp3) is 0.303. The Kier molecular flexibility index (Phi) is 7.09. The van der Waals surface area contributed by atoms with Crippen molar-refractivity contribution >= 4 is 31.7 Å². The van der Waals surface area contributed by atoms with E-state index in [0.717, 1.165) is 45.2 Å². The van der Waals surface area contributed by atoms with Gasteiger partial charge in [0.2, 0.25) is 6.71 Å². The molecule has 1 radical (unpaired) electrons. The van der Waals surface area contributed by atoms with Crippen LogP contribution in [0.4, 0.5) is 0 Å². The number of hydrogen-bond acceptors (Lipinski definition) is 4. The Labute approximate surface area is 253 Å². The molecule has 40 heavy (non-hydrogen) atoms. The molecule has 0 amide bonds. The maximum absolute atomic E-state index is 6.96. The zero-order valence-corrected chi connectivity index (χ0v) is 27.8. The van der Waals surface area contributed by atoms with Crippen LogP contribution in [-0.4, -0.2) is 20.3 Å². The van der Waals surface area contributed by atoms with E-state index in [-0.39, 0.29) is 36.9 Å². The van der Waals surface area contributed by atoms with Crippen molar-refractivity contribution in [3.63, 3.8) is 0 Å². The van der Waals surface area contributed by atoms with Crippen molar-refractivity contribution in [3.8, 4) is 34.3 Å². The molecule has 7 heteroatoms. The van der Waals surface area contributed by atoms with Gasteiger partial charge in [0, 0.05) is 47.8 Å². The molecule has 3 heterocycles. The Morgan fingerprint density at radius 3 is 2.12 bits per heavy atom. The molecule has 4 nitrogen and oxygen atoms in total. The van der Waals surface area contributed by atoms with E-state index in [1.807, 2.05) is 30.5 Å². The van der Waals surface area contributed by atoms with Gasteiger partial charge in [-0.2, -0.15) is 0 Å². The van der Waals surface area contributed by atoms with Gasteiger partial charge in [0.25, 0.3) is 0 Å². The van der Waals surface area contributed by atoms with Crippen LogP contribution in [0.25, 0.3) is 11.3 Å². The minimum absolute atomic E-state index is 0. The van der Waals surface area contributed by atoms with Gasteiger partial charge in [0.05, 0.1) is 0 Å². The molecule has 2 aliphatic heterocycles. The summed E-state index contributed by atoms with van der Waals surface area (Å²) in [6.45, 7) is 17.7. The molecule has 3 aromatic carbocycles. The maximum atomic E-state index is 6.96. The molecule has 207 valence electrons. The van der Waals surface area contributed by atoms with E-state index in [4.69, 9.17) is 18.6 Å². The Morgan fingerprint density at radius 2 is 1.45 bits per heavy atom. The number of hydrogen-bond donors (Lipinski definition) is 0. The van der Waals surface area contributed by atoms with Gasteiger partial charge >= 0.3 is 8.56 Å². The Bertz CT molecular complexity index is 1570. The third-order valence-electron chi connectivity index (χ3n) is 8.13. The molecule has 4 aromatic rings. The summed E-state index contributed by atoms with van der Waals surface area (Å²) in [5.74, 6) is 3.21. The smallest absolute Gasteiger partial charge is 0.471 e. The molecule has 2 aliphatic rings. The number of benzene rings is 3. The first kappa shape index (κ1) is 28.7. The van der Waals surface area contributed by atoms with Crippen molar-refractivity contribution in [1.29, 1.82) is 0 Å². The van der Waals surface area contributed by atoms with E-state index in [9.17, 15) is 0 Å². The number of aryl methyl sites for hydroxylation is 2. The van der Waals surface area contributed by atoms with Gasteiger partial charge in [0.15, 0.2) is 0 Å². The van der Waals surface area contributed by atoms with Gasteiger partial charge in [-0.15, -0.1) is 29.2 Å². The van der Waals surface area contributed by atoms with Gasteiger partial charge in [-0.05, 0) is 31.4 Å². The average molecular weight is 725 g/mol. The molecule has 0 saturated carbocycles. The van der Waals surface area contributed by atoms with E-state index in [2.05, 4.69) is 97.9 Å². The predicted molar refractivity (Wildman–Crippen MR) is 162 cm³/mol. The van der Waals surface area contributed by atoms with E-state index in [1.54, 1.807) is 0 Å². The van der Waals surface area contributed by atoms with Crippen LogP contribution in [0.15, 0.2) is 66.9 Å². The molecule has 0 bridgehead atoms. The zero-order chi connectivity index (χ0) is 27.7. The summed E-state index contributed by atoms with van der Waals surface area (Å²) >= 11 is 0. The maximum Gasteiger partial charge on any atom is 0.471 e. The number of pyridine rings is 1. The van der Waals surface area contributed by atoms with Gasteiger partial charge in [-0.25, -0.2) is 0 Å². The zero-order valence-electron chi connectivity index (χ0n) is 24.4. The summed E-state index contributed by atoms with van der Waals surface area (Å²) in [4.78, 5) is 4.82. The molecular weight excluding hydrogens is 689 g/mol. The minimum Gasteiger partial charge on any atom is -0.514 e. The Balaban J connectivity index is 0.00000323. The molecular formula is C33H35BIrNO3Si-. The first-order valence-corrected chi connectivity index (χ1v) is 15.5. The first-order chi connectivity index (χ1) is 18.4. The van der Waals surface area contributed by atoms with E-state index >= 15 is 0 Å². The number of fused-ring (bicyclic) bond motifs is 3. The second-order valence-corrected chi connectivity index (χ2v) is 17.5. The molecule has 0 unspecified atom stereocenters.